The van der Waals surface area contributed by atoms with E-state index in [2.05, 4.69) is 24.1 Å². The minimum Gasteiger partial charge on any atom is -0.309 e. The summed E-state index contributed by atoms with van der Waals surface area (Å²) in [4.78, 5) is 10.3. The monoisotopic (exact) mass is 273 g/mol. The van der Waals surface area contributed by atoms with E-state index in [0.29, 0.717) is 5.92 Å². The molecule has 0 bridgehead atoms. The van der Waals surface area contributed by atoms with Crippen molar-refractivity contribution < 1.29 is 0 Å². The highest BCUT2D eigenvalue weighted by Crippen LogP contribution is 2.32. The van der Waals surface area contributed by atoms with E-state index >= 15 is 0 Å². The molecule has 1 N–H and O–H groups in total. The van der Waals surface area contributed by atoms with Crippen molar-refractivity contribution in [2.24, 2.45) is 0 Å². The number of nitrogens with one attached hydrogen (secondary N) is 1. The van der Waals surface area contributed by atoms with Gasteiger partial charge in [-0.15, -0.1) is 11.3 Å². The minimum atomic E-state index is 0.475. The highest BCUT2D eigenvalue weighted by atomic mass is 32.1. The van der Waals surface area contributed by atoms with Gasteiger partial charge >= 0.3 is 0 Å². The summed E-state index contributed by atoms with van der Waals surface area (Å²) in [6, 6.07) is 4.80. The molecule has 4 heteroatoms. The lowest BCUT2D eigenvalue weighted by Crippen LogP contribution is -2.15. The van der Waals surface area contributed by atoms with E-state index in [0.717, 1.165) is 17.6 Å². The van der Waals surface area contributed by atoms with E-state index in [1.165, 1.54) is 29.0 Å². The Bertz CT molecular complexity index is 544. The lowest BCUT2D eigenvalue weighted by Gasteiger charge is -2.05. The molecule has 0 aromatic carbocycles. The molecule has 2 heterocycles. The van der Waals surface area contributed by atoms with Crippen LogP contribution in [0.3, 0.4) is 0 Å². The smallest absolute Gasteiger partial charge is 0.124 e. The van der Waals surface area contributed by atoms with Crippen LogP contribution in [0.1, 0.15) is 43.2 Å². The molecule has 1 aliphatic rings. The summed E-state index contributed by atoms with van der Waals surface area (Å²) in [6.45, 7) is 5.39. The summed E-state index contributed by atoms with van der Waals surface area (Å²) >= 11 is 1.81. The highest BCUT2D eigenvalue weighted by Gasteiger charge is 2.22. The van der Waals surface area contributed by atoms with Crippen molar-refractivity contribution in [3.8, 4) is 10.6 Å². The second-order valence-electron chi connectivity index (χ2n) is 5.37. The van der Waals surface area contributed by atoms with Crippen LogP contribution in [0.4, 0.5) is 0 Å². The molecule has 0 unspecified atom stereocenters. The Labute approximate surface area is 118 Å². The van der Waals surface area contributed by atoms with Gasteiger partial charge in [-0.3, -0.25) is 4.98 Å². The predicted octanol–water partition coefficient (Wildman–Crippen LogP) is 3.58. The van der Waals surface area contributed by atoms with Crippen molar-refractivity contribution in [2.75, 3.05) is 0 Å². The molecule has 0 saturated heterocycles. The van der Waals surface area contributed by atoms with Gasteiger partial charge in [0.15, 0.2) is 0 Å². The molecular weight excluding hydrogens is 254 g/mol. The zero-order valence-electron chi connectivity index (χ0n) is 11.4. The molecule has 2 aromatic rings. The molecule has 1 saturated carbocycles. The number of thiazole rings is 1. The van der Waals surface area contributed by atoms with Crippen LogP contribution in [-0.4, -0.2) is 16.0 Å². The summed E-state index contributed by atoms with van der Waals surface area (Å²) in [5.74, 6) is 0.475. The van der Waals surface area contributed by atoms with E-state index in [9.17, 15) is 0 Å². The van der Waals surface area contributed by atoms with Gasteiger partial charge in [-0.25, -0.2) is 4.98 Å². The highest BCUT2D eigenvalue weighted by molar-refractivity contribution is 7.15. The van der Waals surface area contributed by atoms with Gasteiger partial charge in [-0.1, -0.05) is 13.8 Å². The fraction of sp³-hybridized carbons (Fsp3) is 0.467. The lowest BCUT2D eigenvalue weighted by atomic mass is 10.1. The number of hydrogen-bond acceptors (Lipinski definition) is 4. The first-order chi connectivity index (χ1) is 9.24. The van der Waals surface area contributed by atoms with Gasteiger partial charge < -0.3 is 5.32 Å². The van der Waals surface area contributed by atoms with E-state index in [-0.39, 0.29) is 0 Å². The summed E-state index contributed by atoms with van der Waals surface area (Å²) in [6.07, 6.45) is 6.31. The summed E-state index contributed by atoms with van der Waals surface area (Å²) < 4.78 is 0. The Morgan fingerprint density at radius 3 is 2.68 bits per heavy atom. The Morgan fingerprint density at radius 1 is 1.32 bits per heavy atom. The molecule has 0 aliphatic heterocycles. The molecule has 0 amide bonds. The average molecular weight is 273 g/mol. The van der Waals surface area contributed by atoms with Crippen LogP contribution >= 0.6 is 11.3 Å². The molecule has 19 heavy (non-hydrogen) atoms. The zero-order valence-corrected chi connectivity index (χ0v) is 12.2. The van der Waals surface area contributed by atoms with Crippen LogP contribution in [-0.2, 0) is 6.54 Å². The maximum Gasteiger partial charge on any atom is 0.124 e. The zero-order chi connectivity index (χ0) is 13.2. The van der Waals surface area contributed by atoms with E-state index in [1.54, 1.807) is 0 Å². The molecule has 0 atom stereocenters. The molecule has 1 fully saturated rings. The van der Waals surface area contributed by atoms with Gasteiger partial charge in [0, 0.05) is 35.4 Å². The average Bonchev–Trinajstić information content (AvgIpc) is 3.15. The van der Waals surface area contributed by atoms with Gasteiger partial charge in [-0.05, 0) is 30.9 Å². The number of aromatic nitrogens is 2. The normalized spacial score (nSPS) is 15.1. The Morgan fingerprint density at radius 2 is 2.05 bits per heavy atom. The van der Waals surface area contributed by atoms with Crippen LogP contribution in [0.25, 0.3) is 10.6 Å². The van der Waals surface area contributed by atoms with E-state index < -0.39 is 0 Å². The van der Waals surface area contributed by atoms with Crippen molar-refractivity contribution in [2.45, 2.75) is 45.2 Å². The third-order valence-electron chi connectivity index (χ3n) is 3.33. The van der Waals surface area contributed by atoms with Crippen LogP contribution in [0.15, 0.2) is 24.5 Å². The topological polar surface area (TPSA) is 37.8 Å². The summed E-state index contributed by atoms with van der Waals surface area (Å²) in [5.41, 5.74) is 2.41. The summed E-state index contributed by atoms with van der Waals surface area (Å²) in [5, 5.41) is 4.70. The molecule has 100 valence electrons. The third kappa shape index (κ3) is 3.01. The maximum atomic E-state index is 4.83. The molecule has 0 radical (unpaired) electrons. The van der Waals surface area contributed by atoms with Crippen molar-refractivity contribution in [1.82, 2.24) is 15.3 Å². The predicted molar refractivity (Wildman–Crippen MR) is 79.3 cm³/mol. The van der Waals surface area contributed by atoms with Crippen LogP contribution in [0, 0.1) is 0 Å². The first-order valence-electron chi connectivity index (χ1n) is 6.87. The van der Waals surface area contributed by atoms with Gasteiger partial charge in [0.1, 0.15) is 5.01 Å². The number of pyridine rings is 1. The van der Waals surface area contributed by atoms with Crippen LogP contribution in [0.2, 0.25) is 0 Å². The Hall–Kier alpha value is -1.26. The first-order valence-corrected chi connectivity index (χ1v) is 7.69. The van der Waals surface area contributed by atoms with Crippen molar-refractivity contribution in [1.29, 1.82) is 0 Å². The van der Waals surface area contributed by atoms with Gasteiger partial charge in [0.2, 0.25) is 0 Å². The summed E-state index contributed by atoms with van der Waals surface area (Å²) in [7, 11) is 0. The number of hydrogen-bond donors (Lipinski definition) is 1. The van der Waals surface area contributed by atoms with E-state index in [4.69, 9.17) is 4.98 Å². The van der Waals surface area contributed by atoms with Gasteiger partial charge in [-0.2, -0.15) is 0 Å². The molecule has 3 nitrogen and oxygen atoms in total. The van der Waals surface area contributed by atoms with Crippen LogP contribution < -0.4 is 5.32 Å². The van der Waals surface area contributed by atoms with Crippen LogP contribution in [0.5, 0.6) is 0 Å². The van der Waals surface area contributed by atoms with Gasteiger partial charge in [0.05, 0.1) is 5.69 Å². The van der Waals surface area contributed by atoms with Crippen molar-refractivity contribution in [3.05, 3.63) is 35.1 Å². The van der Waals surface area contributed by atoms with Crippen molar-refractivity contribution in [3.63, 3.8) is 0 Å². The molecule has 0 spiro atoms. The molecular formula is C15H19N3S. The second-order valence-corrected chi connectivity index (χ2v) is 6.46. The fourth-order valence-corrected chi connectivity index (χ4v) is 3.26. The third-order valence-corrected chi connectivity index (χ3v) is 4.45. The maximum absolute atomic E-state index is 4.83. The molecule has 3 rings (SSSR count). The number of nitrogens with zero attached hydrogens (tertiary/aromatic N) is 2. The Balaban J connectivity index is 1.87. The standard InChI is InChI=1S/C15H19N3S/c1-10(2)14-13(9-17-12-3-4-12)19-15(18-14)11-5-7-16-8-6-11/h5-8,10,12,17H,3-4,9H2,1-2H3. The largest absolute Gasteiger partial charge is 0.309 e. The minimum absolute atomic E-state index is 0.475. The SMILES string of the molecule is CC(C)c1nc(-c2ccncc2)sc1CNC1CC1. The van der Waals surface area contributed by atoms with E-state index in [1.807, 2.05) is 35.9 Å². The molecule has 1 aliphatic carbocycles. The fourth-order valence-electron chi connectivity index (χ4n) is 2.08. The van der Waals surface area contributed by atoms with Gasteiger partial charge in [0.25, 0.3) is 0 Å². The molecule has 2 aromatic heterocycles. The number of rotatable bonds is 5. The Kier molecular flexibility index (Phi) is 3.62. The first kappa shape index (κ1) is 12.8. The quantitative estimate of drug-likeness (QED) is 0.905. The second kappa shape index (κ2) is 5.39. The lowest BCUT2D eigenvalue weighted by molar-refractivity contribution is 0.681. The van der Waals surface area contributed by atoms with Crippen molar-refractivity contribution >= 4 is 11.3 Å².